The molecule has 1 amide bonds. The zero-order valence-electron chi connectivity index (χ0n) is 9.65. The Hall–Kier alpha value is -1.56. The van der Waals surface area contributed by atoms with E-state index in [1.807, 2.05) is 0 Å². The van der Waals surface area contributed by atoms with Crippen LogP contribution >= 0.6 is 0 Å². The Morgan fingerprint density at radius 2 is 2.38 bits per heavy atom. The molecular weight excluding hydrogens is 210 g/mol. The van der Waals surface area contributed by atoms with Crippen LogP contribution in [0.5, 0.6) is 0 Å². The molecule has 0 aliphatic rings. The molecule has 0 spiro atoms. The highest BCUT2D eigenvalue weighted by Crippen LogP contribution is 2.11. The standard InChI is InChI=1S/C10H17N3O3/c1-10(2,3)16-9(15)13-8(5-14)7-4-11-6-12-7/h4,6,8,14H,5H2,1-3H3,(H,11,12)(H,13,15)/t8-/m1/s1. The Morgan fingerprint density at radius 3 is 2.81 bits per heavy atom. The molecule has 1 aromatic rings. The minimum absolute atomic E-state index is 0.221. The van der Waals surface area contributed by atoms with Gasteiger partial charge in [-0.3, -0.25) is 0 Å². The van der Waals surface area contributed by atoms with Crippen LogP contribution in [0.2, 0.25) is 0 Å². The fourth-order valence-corrected chi connectivity index (χ4v) is 1.13. The van der Waals surface area contributed by atoms with Gasteiger partial charge in [-0.1, -0.05) is 0 Å². The third-order valence-electron chi connectivity index (χ3n) is 1.77. The lowest BCUT2D eigenvalue weighted by molar-refractivity contribution is 0.0480. The summed E-state index contributed by atoms with van der Waals surface area (Å²) in [5, 5.41) is 11.7. The first-order valence-electron chi connectivity index (χ1n) is 5.01. The van der Waals surface area contributed by atoms with Crippen molar-refractivity contribution in [2.24, 2.45) is 0 Å². The van der Waals surface area contributed by atoms with E-state index in [-0.39, 0.29) is 6.61 Å². The number of aliphatic hydroxyl groups is 1. The predicted octanol–water partition coefficient (Wildman–Crippen LogP) is 0.968. The number of carbonyl (C=O) groups excluding carboxylic acids is 1. The molecule has 0 aliphatic heterocycles. The molecule has 3 N–H and O–H groups in total. The summed E-state index contributed by atoms with van der Waals surface area (Å²) < 4.78 is 5.07. The van der Waals surface area contributed by atoms with Gasteiger partial charge in [-0.05, 0) is 20.8 Å². The first kappa shape index (κ1) is 12.5. The SMILES string of the molecule is CC(C)(C)OC(=O)N[C@H](CO)c1cnc[nH]1. The average Bonchev–Trinajstić information content (AvgIpc) is 2.63. The minimum atomic E-state index is -0.568. The smallest absolute Gasteiger partial charge is 0.408 e. The Labute approximate surface area is 94.0 Å². The van der Waals surface area contributed by atoms with E-state index in [0.717, 1.165) is 0 Å². The fraction of sp³-hybridized carbons (Fsp3) is 0.600. The number of rotatable bonds is 3. The van der Waals surface area contributed by atoms with E-state index in [1.54, 1.807) is 20.8 Å². The molecular formula is C10H17N3O3. The maximum absolute atomic E-state index is 11.4. The lowest BCUT2D eigenvalue weighted by Gasteiger charge is -2.22. The van der Waals surface area contributed by atoms with Crippen LogP contribution in [0.1, 0.15) is 32.5 Å². The van der Waals surface area contributed by atoms with Crippen molar-refractivity contribution in [2.75, 3.05) is 6.61 Å². The van der Waals surface area contributed by atoms with E-state index in [4.69, 9.17) is 9.84 Å². The number of aliphatic hydroxyl groups excluding tert-OH is 1. The molecule has 1 atom stereocenters. The summed E-state index contributed by atoms with van der Waals surface area (Å²) >= 11 is 0. The van der Waals surface area contributed by atoms with Gasteiger partial charge in [0.25, 0.3) is 0 Å². The predicted molar refractivity (Wildman–Crippen MR) is 57.8 cm³/mol. The van der Waals surface area contributed by atoms with E-state index < -0.39 is 17.7 Å². The van der Waals surface area contributed by atoms with Gasteiger partial charge in [0, 0.05) is 0 Å². The third-order valence-corrected chi connectivity index (χ3v) is 1.77. The second-order valence-corrected chi connectivity index (χ2v) is 4.39. The van der Waals surface area contributed by atoms with Gasteiger partial charge in [0.15, 0.2) is 0 Å². The molecule has 0 aliphatic carbocycles. The number of carbonyl (C=O) groups is 1. The fourth-order valence-electron chi connectivity index (χ4n) is 1.13. The number of nitrogens with one attached hydrogen (secondary N) is 2. The lowest BCUT2D eigenvalue weighted by atomic mass is 10.2. The number of amides is 1. The Morgan fingerprint density at radius 1 is 1.69 bits per heavy atom. The molecule has 90 valence electrons. The van der Waals surface area contributed by atoms with Crippen LogP contribution in [0.3, 0.4) is 0 Å². The summed E-state index contributed by atoms with van der Waals surface area (Å²) in [6, 6.07) is -0.530. The van der Waals surface area contributed by atoms with Crippen molar-refractivity contribution in [3.05, 3.63) is 18.2 Å². The summed E-state index contributed by atoms with van der Waals surface area (Å²) in [5.74, 6) is 0. The molecule has 0 saturated heterocycles. The number of imidazole rings is 1. The Balaban J connectivity index is 2.55. The van der Waals surface area contributed by atoms with Crippen molar-refractivity contribution >= 4 is 6.09 Å². The Kier molecular flexibility index (Phi) is 3.89. The number of aromatic nitrogens is 2. The maximum Gasteiger partial charge on any atom is 0.408 e. The van der Waals surface area contributed by atoms with Gasteiger partial charge < -0.3 is 20.1 Å². The highest BCUT2D eigenvalue weighted by atomic mass is 16.6. The number of hydrogen-bond acceptors (Lipinski definition) is 4. The van der Waals surface area contributed by atoms with Crippen LogP contribution in [-0.2, 0) is 4.74 Å². The van der Waals surface area contributed by atoms with E-state index in [9.17, 15) is 4.79 Å². The van der Waals surface area contributed by atoms with Gasteiger partial charge in [-0.15, -0.1) is 0 Å². The van der Waals surface area contributed by atoms with Gasteiger partial charge in [0.2, 0.25) is 0 Å². The average molecular weight is 227 g/mol. The van der Waals surface area contributed by atoms with Crippen molar-refractivity contribution in [1.29, 1.82) is 0 Å². The zero-order valence-corrected chi connectivity index (χ0v) is 9.65. The highest BCUT2D eigenvalue weighted by Gasteiger charge is 2.20. The van der Waals surface area contributed by atoms with Crippen molar-refractivity contribution in [2.45, 2.75) is 32.4 Å². The van der Waals surface area contributed by atoms with Crippen LogP contribution in [-0.4, -0.2) is 33.4 Å². The monoisotopic (exact) mass is 227 g/mol. The summed E-state index contributed by atoms with van der Waals surface area (Å²) in [6.07, 6.45) is 2.45. The molecule has 0 unspecified atom stereocenters. The van der Waals surface area contributed by atoms with Gasteiger partial charge in [-0.2, -0.15) is 0 Å². The molecule has 0 fully saturated rings. The number of aromatic amines is 1. The highest BCUT2D eigenvalue weighted by molar-refractivity contribution is 5.68. The van der Waals surface area contributed by atoms with Crippen molar-refractivity contribution in [3.8, 4) is 0 Å². The maximum atomic E-state index is 11.4. The summed E-state index contributed by atoms with van der Waals surface area (Å²) in [5.41, 5.74) is 0.0753. The van der Waals surface area contributed by atoms with E-state index >= 15 is 0 Å². The molecule has 6 heteroatoms. The molecule has 1 rings (SSSR count). The summed E-state index contributed by atoms with van der Waals surface area (Å²) in [6.45, 7) is 5.10. The second-order valence-electron chi connectivity index (χ2n) is 4.39. The lowest BCUT2D eigenvalue weighted by Crippen LogP contribution is -2.36. The van der Waals surface area contributed by atoms with Gasteiger partial charge in [0.05, 0.1) is 30.9 Å². The molecule has 0 radical (unpaired) electrons. The summed E-state index contributed by atoms with van der Waals surface area (Å²) in [4.78, 5) is 18.1. The molecule has 6 nitrogen and oxygen atoms in total. The normalized spacial score (nSPS) is 13.2. The van der Waals surface area contributed by atoms with Gasteiger partial charge in [0.1, 0.15) is 5.60 Å². The molecule has 0 bridgehead atoms. The topological polar surface area (TPSA) is 87.2 Å². The van der Waals surface area contributed by atoms with E-state index in [2.05, 4.69) is 15.3 Å². The summed E-state index contributed by atoms with van der Waals surface area (Å²) in [7, 11) is 0. The van der Waals surface area contributed by atoms with Crippen LogP contribution in [0, 0.1) is 0 Å². The number of H-pyrrole nitrogens is 1. The van der Waals surface area contributed by atoms with Crippen molar-refractivity contribution < 1.29 is 14.6 Å². The largest absolute Gasteiger partial charge is 0.444 e. The van der Waals surface area contributed by atoms with E-state index in [0.29, 0.717) is 5.69 Å². The molecule has 1 aromatic heterocycles. The number of ether oxygens (including phenoxy) is 1. The van der Waals surface area contributed by atoms with Crippen molar-refractivity contribution in [3.63, 3.8) is 0 Å². The van der Waals surface area contributed by atoms with Crippen LogP contribution in [0.25, 0.3) is 0 Å². The van der Waals surface area contributed by atoms with Crippen LogP contribution in [0.15, 0.2) is 12.5 Å². The van der Waals surface area contributed by atoms with Crippen LogP contribution < -0.4 is 5.32 Å². The number of hydrogen-bond donors (Lipinski definition) is 3. The third kappa shape index (κ3) is 3.90. The molecule has 0 aromatic carbocycles. The first-order valence-corrected chi connectivity index (χ1v) is 5.01. The second kappa shape index (κ2) is 4.98. The van der Waals surface area contributed by atoms with Gasteiger partial charge >= 0.3 is 6.09 Å². The molecule has 0 saturated carbocycles. The quantitative estimate of drug-likeness (QED) is 0.718. The number of alkyl carbamates (subject to hydrolysis) is 1. The van der Waals surface area contributed by atoms with Crippen LogP contribution in [0.4, 0.5) is 4.79 Å². The van der Waals surface area contributed by atoms with Crippen molar-refractivity contribution in [1.82, 2.24) is 15.3 Å². The number of nitrogens with zero attached hydrogens (tertiary/aromatic N) is 1. The van der Waals surface area contributed by atoms with E-state index in [1.165, 1.54) is 12.5 Å². The first-order chi connectivity index (χ1) is 7.42. The molecule has 1 heterocycles. The zero-order chi connectivity index (χ0) is 12.2. The van der Waals surface area contributed by atoms with Gasteiger partial charge in [-0.25, -0.2) is 9.78 Å². The minimum Gasteiger partial charge on any atom is -0.444 e. The Bertz CT molecular complexity index is 330. The molecule has 16 heavy (non-hydrogen) atoms.